The van der Waals surface area contributed by atoms with Crippen LogP contribution in [-0.4, -0.2) is 63.7 Å². The molecule has 202 valence electrons. The van der Waals surface area contributed by atoms with E-state index >= 15 is 0 Å². The molecular weight excluding hydrogens is 494 g/mol. The van der Waals surface area contributed by atoms with Gasteiger partial charge in [0.1, 0.15) is 11.6 Å². The highest BCUT2D eigenvalue weighted by Gasteiger charge is 2.27. The fourth-order valence-corrected chi connectivity index (χ4v) is 6.66. The lowest BCUT2D eigenvalue weighted by Gasteiger charge is -2.21. The Bertz CT molecular complexity index is 1380. The van der Waals surface area contributed by atoms with Crippen molar-refractivity contribution in [2.45, 2.75) is 76.5 Å². The Morgan fingerprint density at radius 2 is 1.89 bits per heavy atom. The van der Waals surface area contributed by atoms with Crippen molar-refractivity contribution < 1.29 is 18.3 Å². The first-order valence-electron chi connectivity index (χ1n) is 13.2. The minimum absolute atomic E-state index is 0.00117. The van der Waals surface area contributed by atoms with E-state index < -0.39 is 10.0 Å². The number of sulfonamides is 1. The van der Waals surface area contributed by atoms with Gasteiger partial charge in [-0.25, -0.2) is 17.9 Å². The molecule has 0 bridgehead atoms. The zero-order valence-corrected chi connectivity index (χ0v) is 22.7. The molecule has 1 saturated carbocycles. The van der Waals surface area contributed by atoms with Crippen LogP contribution in [0.1, 0.15) is 76.2 Å². The summed E-state index contributed by atoms with van der Waals surface area (Å²) in [6.07, 6.45) is 7.23. The van der Waals surface area contributed by atoms with Crippen LogP contribution in [0.15, 0.2) is 27.9 Å². The molecule has 1 aliphatic rings. The van der Waals surface area contributed by atoms with Crippen molar-refractivity contribution in [2.24, 2.45) is 0 Å². The minimum atomic E-state index is -3.89. The molecular formula is C26H37N5O5S. The maximum absolute atomic E-state index is 13.4. The first-order chi connectivity index (χ1) is 17.8. The van der Waals surface area contributed by atoms with Gasteiger partial charge in [-0.05, 0) is 51.3 Å². The van der Waals surface area contributed by atoms with E-state index in [9.17, 15) is 18.3 Å². The summed E-state index contributed by atoms with van der Waals surface area (Å²) >= 11 is 0. The monoisotopic (exact) mass is 531 g/mol. The number of aryl methyl sites for hydroxylation is 1. The van der Waals surface area contributed by atoms with Gasteiger partial charge in [-0.15, -0.1) is 5.10 Å². The maximum atomic E-state index is 13.4. The quantitative estimate of drug-likeness (QED) is 0.382. The fraction of sp³-hybridized carbons (Fsp3) is 0.577. The highest BCUT2D eigenvalue weighted by Crippen LogP contribution is 2.34. The van der Waals surface area contributed by atoms with Crippen LogP contribution in [0.25, 0.3) is 16.9 Å². The first-order valence-corrected chi connectivity index (χ1v) is 14.6. The van der Waals surface area contributed by atoms with Crippen LogP contribution >= 0.6 is 0 Å². The molecule has 0 spiro atoms. The Morgan fingerprint density at radius 3 is 2.54 bits per heavy atom. The summed E-state index contributed by atoms with van der Waals surface area (Å²) in [5.41, 5.74) is 1.07. The molecule has 2 heterocycles. The SMILES string of the molecule is CCCN(CCO)S(=O)(=O)c1ccc(OCC)c(-c2nn3c(C4CCCCCC4)nc(C)c3c(=O)[nH]2)c1. The third-order valence-corrected chi connectivity index (χ3v) is 8.78. The van der Waals surface area contributed by atoms with Gasteiger partial charge in [-0.1, -0.05) is 32.6 Å². The molecule has 1 fully saturated rings. The van der Waals surface area contributed by atoms with Gasteiger partial charge in [0.05, 0.1) is 29.4 Å². The summed E-state index contributed by atoms with van der Waals surface area (Å²) in [5, 5.41) is 14.2. The number of aromatic amines is 1. The lowest BCUT2D eigenvalue weighted by Crippen LogP contribution is -2.34. The molecule has 0 aliphatic heterocycles. The molecule has 3 aromatic rings. The molecule has 1 aromatic carbocycles. The van der Waals surface area contributed by atoms with E-state index in [0.29, 0.717) is 35.6 Å². The van der Waals surface area contributed by atoms with Crippen LogP contribution < -0.4 is 10.3 Å². The van der Waals surface area contributed by atoms with Gasteiger partial charge in [0.2, 0.25) is 10.0 Å². The normalized spacial score (nSPS) is 15.4. The van der Waals surface area contributed by atoms with Crippen LogP contribution in [0.2, 0.25) is 0 Å². The maximum Gasteiger partial charge on any atom is 0.277 e. The number of aliphatic hydroxyl groups is 1. The van der Waals surface area contributed by atoms with E-state index in [0.717, 1.165) is 31.5 Å². The van der Waals surface area contributed by atoms with Crippen molar-refractivity contribution in [3.8, 4) is 17.1 Å². The average molecular weight is 532 g/mol. The van der Waals surface area contributed by atoms with Crippen molar-refractivity contribution in [1.29, 1.82) is 0 Å². The third kappa shape index (κ3) is 5.58. The van der Waals surface area contributed by atoms with E-state index in [4.69, 9.17) is 14.8 Å². The second-order valence-electron chi connectivity index (χ2n) is 9.53. The largest absolute Gasteiger partial charge is 0.493 e. The molecule has 2 aromatic heterocycles. The molecule has 11 heteroatoms. The zero-order chi connectivity index (χ0) is 26.6. The Kier molecular flexibility index (Phi) is 8.66. The Balaban J connectivity index is 1.88. The number of hydrogen-bond acceptors (Lipinski definition) is 7. The summed E-state index contributed by atoms with van der Waals surface area (Å²) in [6, 6.07) is 4.56. The van der Waals surface area contributed by atoms with E-state index in [1.165, 1.54) is 29.3 Å². The number of benzene rings is 1. The smallest absolute Gasteiger partial charge is 0.277 e. The molecule has 4 rings (SSSR count). The van der Waals surface area contributed by atoms with E-state index in [1.807, 2.05) is 20.8 Å². The van der Waals surface area contributed by atoms with Gasteiger partial charge in [0.25, 0.3) is 5.56 Å². The van der Waals surface area contributed by atoms with Crippen LogP contribution in [0.4, 0.5) is 0 Å². The predicted octanol–water partition coefficient (Wildman–Crippen LogP) is 3.62. The highest BCUT2D eigenvalue weighted by atomic mass is 32.2. The van der Waals surface area contributed by atoms with Gasteiger partial charge < -0.3 is 14.8 Å². The van der Waals surface area contributed by atoms with Crippen molar-refractivity contribution in [3.05, 3.63) is 40.1 Å². The molecule has 0 atom stereocenters. The van der Waals surface area contributed by atoms with Crippen molar-refractivity contribution in [2.75, 3.05) is 26.3 Å². The number of nitrogens with one attached hydrogen (secondary N) is 1. The topological polar surface area (TPSA) is 130 Å². The minimum Gasteiger partial charge on any atom is -0.493 e. The van der Waals surface area contributed by atoms with Gasteiger partial charge in [0.15, 0.2) is 11.3 Å². The van der Waals surface area contributed by atoms with Crippen LogP contribution in [0.3, 0.4) is 0 Å². The van der Waals surface area contributed by atoms with Crippen molar-refractivity contribution in [3.63, 3.8) is 0 Å². The van der Waals surface area contributed by atoms with Crippen LogP contribution in [-0.2, 0) is 10.0 Å². The second kappa shape index (κ2) is 11.7. The van der Waals surface area contributed by atoms with Crippen LogP contribution in [0.5, 0.6) is 5.75 Å². The Labute approximate surface area is 217 Å². The molecule has 0 unspecified atom stereocenters. The average Bonchev–Trinajstić information content (AvgIpc) is 3.03. The Morgan fingerprint density at radius 1 is 1.16 bits per heavy atom. The van der Waals surface area contributed by atoms with Gasteiger partial charge >= 0.3 is 0 Å². The van der Waals surface area contributed by atoms with Gasteiger partial charge in [-0.2, -0.15) is 4.31 Å². The van der Waals surface area contributed by atoms with E-state index in [-0.39, 0.29) is 41.9 Å². The lowest BCUT2D eigenvalue weighted by molar-refractivity contribution is 0.253. The summed E-state index contributed by atoms with van der Waals surface area (Å²) < 4.78 is 35.5. The first kappa shape index (κ1) is 27.3. The number of hydrogen-bond donors (Lipinski definition) is 2. The zero-order valence-electron chi connectivity index (χ0n) is 21.9. The number of nitrogens with zero attached hydrogens (tertiary/aromatic N) is 4. The second-order valence-corrected chi connectivity index (χ2v) is 11.5. The number of H-pyrrole nitrogens is 1. The fourth-order valence-electron chi connectivity index (χ4n) is 5.11. The third-order valence-electron chi connectivity index (χ3n) is 6.89. The molecule has 1 aliphatic carbocycles. The van der Waals surface area contributed by atoms with Crippen LogP contribution in [0, 0.1) is 6.92 Å². The van der Waals surface area contributed by atoms with E-state index in [1.54, 1.807) is 10.6 Å². The van der Waals surface area contributed by atoms with E-state index in [2.05, 4.69) is 4.98 Å². The highest BCUT2D eigenvalue weighted by molar-refractivity contribution is 7.89. The predicted molar refractivity (Wildman–Crippen MR) is 142 cm³/mol. The summed E-state index contributed by atoms with van der Waals surface area (Å²) in [5.74, 6) is 1.63. The molecule has 37 heavy (non-hydrogen) atoms. The summed E-state index contributed by atoms with van der Waals surface area (Å²) in [4.78, 5) is 20.9. The lowest BCUT2D eigenvalue weighted by atomic mass is 10.00. The molecule has 2 N–H and O–H groups in total. The standard InChI is InChI=1S/C26H37N5O5S/c1-4-14-30(15-16-32)37(34,35)20-12-13-22(36-5-2)21(17-20)24-28-26(33)23-18(3)27-25(31(23)29-24)19-10-8-6-7-9-11-19/h12-13,17,19,32H,4-11,14-16H2,1-3H3,(H,28,29,33). The van der Waals surface area contributed by atoms with Gasteiger partial charge in [-0.3, -0.25) is 4.79 Å². The number of rotatable bonds is 10. The summed E-state index contributed by atoms with van der Waals surface area (Å²) in [6.45, 7) is 5.89. The molecule has 0 radical (unpaired) electrons. The molecule has 0 saturated heterocycles. The number of aliphatic hydroxyl groups excluding tert-OH is 1. The summed E-state index contributed by atoms with van der Waals surface area (Å²) in [7, 11) is -3.89. The Hall–Kier alpha value is -2.76. The van der Waals surface area contributed by atoms with Gasteiger partial charge in [0, 0.05) is 19.0 Å². The molecule has 0 amide bonds. The molecule has 10 nitrogen and oxygen atoms in total. The van der Waals surface area contributed by atoms with Crippen molar-refractivity contribution >= 4 is 15.5 Å². The number of fused-ring (bicyclic) bond motifs is 1. The number of imidazole rings is 1. The number of ether oxygens (including phenoxy) is 1. The van der Waals surface area contributed by atoms with Crippen molar-refractivity contribution in [1.82, 2.24) is 23.9 Å². The number of aromatic nitrogens is 4.